The summed E-state index contributed by atoms with van der Waals surface area (Å²) in [6, 6.07) is 12.0. The quantitative estimate of drug-likeness (QED) is 0.306. The van der Waals surface area contributed by atoms with Gasteiger partial charge >= 0.3 is 0 Å². The standard InChI is InChI=1S/C27H32FN7O4/c1-2-38-24-17-20(7-8-23(24)39-19-21-5-3-4-6-22(21)28)18-29-33-25-30-26(34-9-13-36-14-10-34)32-27(31-25)35-11-15-37-16-12-35/h3-8,17-18H,2,9-16,19H2,1H3,(H,30,31,32,33)/b29-18-. The summed E-state index contributed by atoms with van der Waals surface area (Å²) in [7, 11) is 0. The number of rotatable bonds is 10. The van der Waals surface area contributed by atoms with E-state index in [1.165, 1.54) is 6.07 Å². The zero-order valence-corrected chi connectivity index (χ0v) is 21.9. The number of hydrazone groups is 1. The van der Waals surface area contributed by atoms with Crippen LogP contribution >= 0.6 is 0 Å². The molecule has 12 heteroatoms. The van der Waals surface area contributed by atoms with Crippen LogP contribution in [0.15, 0.2) is 47.6 Å². The summed E-state index contributed by atoms with van der Waals surface area (Å²) in [6.07, 6.45) is 1.65. The lowest BCUT2D eigenvalue weighted by molar-refractivity contribution is 0.121. The van der Waals surface area contributed by atoms with Crippen LogP contribution in [0.2, 0.25) is 0 Å². The molecule has 2 aliphatic rings. The summed E-state index contributed by atoms with van der Waals surface area (Å²) in [4.78, 5) is 18.1. The Morgan fingerprint density at radius 3 is 2.21 bits per heavy atom. The smallest absolute Gasteiger partial charge is 0.250 e. The van der Waals surface area contributed by atoms with Gasteiger partial charge in [0.05, 0.1) is 39.2 Å². The minimum atomic E-state index is -0.308. The third-order valence-electron chi connectivity index (χ3n) is 6.19. The Labute approximate surface area is 226 Å². The highest BCUT2D eigenvalue weighted by Gasteiger charge is 2.20. The van der Waals surface area contributed by atoms with E-state index in [4.69, 9.17) is 23.9 Å². The van der Waals surface area contributed by atoms with Crippen LogP contribution in [0.3, 0.4) is 0 Å². The maximum absolute atomic E-state index is 14.0. The van der Waals surface area contributed by atoms with Crippen molar-refractivity contribution < 1.29 is 23.3 Å². The monoisotopic (exact) mass is 537 g/mol. The van der Waals surface area contributed by atoms with Gasteiger partial charge < -0.3 is 28.7 Å². The second-order valence-corrected chi connectivity index (χ2v) is 8.85. The number of hydrogen-bond acceptors (Lipinski definition) is 11. The minimum absolute atomic E-state index is 0.0953. The van der Waals surface area contributed by atoms with Crippen molar-refractivity contribution in [1.29, 1.82) is 0 Å². The zero-order chi connectivity index (χ0) is 26.9. The van der Waals surface area contributed by atoms with Gasteiger partial charge in [-0.3, -0.25) is 0 Å². The van der Waals surface area contributed by atoms with Crippen LogP contribution in [-0.2, 0) is 16.1 Å². The highest BCUT2D eigenvalue weighted by molar-refractivity contribution is 5.81. The number of nitrogens with zero attached hydrogens (tertiary/aromatic N) is 6. The van der Waals surface area contributed by atoms with Crippen molar-refractivity contribution in [2.24, 2.45) is 5.10 Å². The molecule has 0 atom stereocenters. The Morgan fingerprint density at radius 2 is 1.56 bits per heavy atom. The van der Waals surface area contributed by atoms with Crippen molar-refractivity contribution in [2.75, 3.05) is 74.4 Å². The van der Waals surface area contributed by atoms with E-state index in [0.29, 0.717) is 94.1 Å². The Hall–Kier alpha value is -4.03. The van der Waals surface area contributed by atoms with Gasteiger partial charge in [-0.05, 0) is 36.8 Å². The third kappa shape index (κ3) is 7.09. The molecule has 39 heavy (non-hydrogen) atoms. The van der Waals surface area contributed by atoms with Crippen molar-refractivity contribution in [3.8, 4) is 11.5 Å². The summed E-state index contributed by atoms with van der Waals surface area (Å²) in [5, 5.41) is 4.36. The fourth-order valence-corrected chi connectivity index (χ4v) is 4.14. The maximum Gasteiger partial charge on any atom is 0.250 e. The molecule has 11 nitrogen and oxygen atoms in total. The lowest BCUT2D eigenvalue weighted by Crippen LogP contribution is -2.40. The maximum atomic E-state index is 14.0. The molecule has 0 bridgehead atoms. The van der Waals surface area contributed by atoms with Crippen molar-refractivity contribution in [2.45, 2.75) is 13.5 Å². The average Bonchev–Trinajstić information content (AvgIpc) is 2.98. The van der Waals surface area contributed by atoms with Gasteiger partial charge in [-0.2, -0.15) is 20.1 Å². The number of morpholine rings is 2. The van der Waals surface area contributed by atoms with E-state index in [1.54, 1.807) is 30.5 Å². The molecule has 0 radical (unpaired) electrons. The van der Waals surface area contributed by atoms with Crippen LogP contribution in [0.1, 0.15) is 18.1 Å². The lowest BCUT2D eigenvalue weighted by Gasteiger charge is -2.30. The Kier molecular flexibility index (Phi) is 8.97. The van der Waals surface area contributed by atoms with E-state index < -0.39 is 0 Å². The second kappa shape index (κ2) is 13.2. The summed E-state index contributed by atoms with van der Waals surface area (Å²) in [5.74, 6) is 2.27. The van der Waals surface area contributed by atoms with Gasteiger partial charge in [0.2, 0.25) is 17.8 Å². The average molecular weight is 538 g/mol. The van der Waals surface area contributed by atoms with E-state index in [0.717, 1.165) is 5.56 Å². The van der Waals surface area contributed by atoms with Crippen LogP contribution in [0.5, 0.6) is 11.5 Å². The van der Waals surface area contributed by atoms with Gasteiger partial charge in [0.25, 0.3) is 0 Å². The van der Waals surface area contributed by atoms with Gasteiger partial charge in [-0.15, -0.1) is 0 Å². The Morgan fingerprint density at radius 1 is 0.897 bits per heavy atom. The van der Waals surface area contributed by atoms with Gasteiger partial charge in [0.1, 0.15) is 12.4 Å². The molecule has 0 amide bonds. The topological polar surface area (TPSA) is 106 Å². The number of ether oxygens (including phenoxy) is 4. The van der Waals surface area contributed by atoms with E-state index in [-0.39, 0.29) is 12.4 Å². The molecule has 5 rings (SSSR count). The first-order valence-corrected chi connectivity index (χ1v) is 13.0. The number of nitrogens with one attached hydrogen (secondary N) is 1. The number of hydrogen-bond donors (Lipinski definition) is 1. The molecule has 0 unspecified atom stereocenters. The SMILES string of the molecule is CCOc1cc(/C=N\Nc2nc(N3CCOCC3)nc(N3CCOCC3)n2)ccc1OCc1ccccc1F. The molecule has 3 heterocycles. The summed E-state index contributed by atoms with van der Waals surface area (Å²) >= 11 is 0. The second-order valence-electron chi connectivity index (χ2n) is 8.85. The summed E-state index contributed by atoms with van der Waals surface area (Å²) in [6.45, 7) is 7.78. The molecular weight excluding hydrogens is 505 g/mol. The molecule has 0 saturated carbocycles. The van der Waals surface area contributed by atoms with Crippen LogP contribution in [0.25, 0.3) is 0 Å². The van der Waals surface area contributed by atoms with E-state index in [9.17, 15) is 4.39 Å². The predicted molar refractivity (Wildman–Crippen MR) is 145 cm³/mol. The minimum Gasteiger partial charge on any atom is -0.490 e. The first kappa shape index (κ1) is 26.6. The first-order valence-electron chi connectivity index (χ1n) is 13.0. The van der Waals surface area contributed by atoms with Crippen molar-refractivity contribution in [3.63, 3.8) is 0 Å². The van der Waals surface area contributed by atoms with E-state index >= 15 is 0 Å². The van der Waals surface area contributed by atoms with Crippen molar-refractivity contribution in [1.82, 2.24) is 15.0 Å². The van der Waals surface area contributed by atoms with E-state index in [2.05, 4.69) is 30.3 Å². The zero-order valence-electron chi connectivity index (χ0n) is 21.9. The largest absolute Gasteiger partial charge is 0.490 e. The number of aromatic nitrogens is 3. The molecule has 1 N–H and O–H groups in total. The van der Waals surface area contributed by atoms with Gasteiger partial charge in [-0.25, -0.2) is 9.82 Å². The number of halogens is 1. The summed E-state index contributed by atoms with van der Waals surface area (Å²) in [5.41, 5.74) is 4.20. The molecule has 0 aliphatic carbocycles. The Bertz CT molecular complexity index is 1230. The number of anilines is 3. The molecule has 206 valence electrons. The van der Waals surface area contributed by atoms with Crippen LogP contribution in [-0.4, -0.2) is 80.4 Å². The molecule has 2 aromatic carbocycles. The lowest BCUT2D eigenvalue weighted by atomic mass is 10.2. The van der Waals surface area contributed by atoms with Gasteiger partial charge in [-0.1, -0.05) is 18.2 Å². The fraction of sp³-hybridized carbons (Fsp3) is 0.407. The van der Waals surface area contributed by atoms with Crippen molar-refractivity contribution >= 4 is 24.1 Å². The molecule has 3 aromatic rings. The predicted octanol–water partition coefficient (Wildman–Crippen LogP) is 3.11. The van der Waals surface area contributed by atoms with Crippen LogP contribution < -0.4 is 24.7 Å². The molecule has 0 spiro atoms. The normalized spacial score (nSPS) is 15.9. The van der Waals surface area contributed by atoms with Crippen LogP contribution in [0, 0.1) is 5.82 Å². The molecule has 2 saturated heterocycles. The summed E-state index contributed by atoms with van der Waals surface area (Å²) < 4.78 is 36.5. The van der Waals surface area contributed by atoms with Gasteiger partial charge in [0.15, 0.2) is 11.5 Å². The Balaban J connectivity index is 1.30. The van der Waals surface area contributed by atoms with Gasteiger partial charge in [0, 0.05) is 31.7 Å². The fourth-order valence-electron chi connectivity index (χ4n) is 4.14. The molecule has 2 fully saturated rings. The first-order chi connectivity index (χ1) is 19.2. The highest BCUT2D eigenvalue weighted by atomic mass is 19.1. The number of benzene rings is 2. The molecule has 2 aliphatic heterocycles. The molecule has 1 aromatic heterocycles. The van der Waals surface area contributed by atoms with Crippen LogP contribution in [0.4, 0.5) is 22.2 Å². The third-order valence-corrected chi connectivity index (χ3v) is 6.19. The van der Waals surface area contributed by atoms with Crippen molar-refractivity contribution in [3.05, 3.63) is 59.4 Å². The molecular formula is C27H32FN7O4. The highest BCUT2D eigenvalue weighted by Crippen LogP contribution is 2.29. The van der Waals surface area contributed by atoms with E-state index in [1.807, 2.05) is 19.1 Å².